The van der Waals surface area contributed by atoms with Gasteiger partial charge in [-0.1, -0.05) is 53.8 Å². The van der Waals surface area contributed by atoms with E-state index in [2.05, 4.69) is 4.90 Å². The maximum atomic E-state index is 11.2. The Kier molecular flexibility index (Phi) is 5.37. The van der Waals surface area contributed by atoms with Crippen LogP contribution in [0.25, 0.3) is 22.4 Å². The van der Waals surface area contributed by atoms with Crippen molar-refractivity contribution in [1.29, 1.82) is 0 Å². The molecule has 1 fully saturated rings. The number of rotatable bonds is 4. The molecule has 1 amide bonds. The maximum Gasteiger partial charge on any atom is 0.410 e. The summed E-state index contributed by atoms with van der Waals surface area (Å²) in [6, 6.07) is 12.3. The molecule has 1 aromatic carbocycles. The molecule has 7 nitrogen and oxygen atoms in total. The van der Waals surface area contributed by atoms with E-state index in [4.69, 9.17) is 26.9 Å². The van der Waals surface area contributed by atoms with Crippen LogP contribution in [0.5, 0.6) is 5.06 Å². The Morgan fingerprint density at radius 2 is 1.93 bits per heavy atom. The summed E-state index contributed by atoms with van der Waals surface area (Å²) in [6.45, 7) is 1.71. The first-order valence-electron chi connectivity index (χ1n) is 9.45. The van der Waals surface area contributed by atoms with Crippen LogP contribution >= 0.6 is 11.3 Å². The second-order valence-corrected chi connectivity index (χ2v) is 8.00. The summed E-state index contributed by atoms with van der Waals surface area (Å²) in [7, 11) is 0. The van der Waals surface area contributed by atoms with Crippen LogP contribution in [0.1, 0.15) is 24.0 Å². The van der Waals surface area contributed by atoms with E-state index < -0.39 is 6.09 Å². The fourth-order valence-corrected chi connectivity index (χ4v) is 4.44. The molecule has 1 saturated heterocycles. The molecule has 6 N–H and O–H groups in total. The molecule has 3 heterocycles. The normalized spacial score (nSPS) is 15.3. The minimum Gasteiger partial charge on any atom is -0.397 e. The predicted octanol–water partition coefficient (Wildman–Crippen LogP) is 3.43. The Hall–Kier alpha value is -3.10. The number of nitrogens with zero attached hydrogens (tertiary/aromatic N) is 2. The Labute approximate surface area is 172 Å². The molecule has 1 aliphatic heterocycles. The van der Waals surface area contributed by atoms with Gasteiger partial charge in [0.1, 0.15) is 10.6 Å². The largest absolute Gasteiger partial charge is 0.410 e. The van der Waals surface area contributed by atoms with Crippen molar-refractivity contribution in [2.75, 3.05) is 23.7 Å². The van der Waals surface area contributed by atoms with Gasteiger partial charge in [-0.05, 0) is 30.0 Å². The van der Waals surface area contributed by atoms with Crippen molar-refractivity contribution in [1.82, 2.24) is 4.98 Å². The third-order valence-corrected chi connectivity index (χ3v) is 5.97. The molecule has 1 aliphatic rings. The molecule has 150 valence electrons. The molecular formula is C21H23N5O2S. The summed E-state index contributed by atoms with van der Waals surface area (Å²) in [5, 5.41) is 1.03. The van der Waals surface area contributed by atoms with Crippen LogP contribution in [0.4, 0.5) is 16.3 Å². The lowest BCUT2D eigenvalue weighted by Gasteiger charge is -2.31. The number of carbonyl (C=O) groups excluding carboxylic acids is 1. The van der Waals surface area contributed by atoms with E-state index in [0.29, 0.717) is 10.5 Å². The van der Waals surface area contributed by atoms with E-state index in [1.54, 1.807) is 0 Å². The Morgan fingerprint density at radius 3 is 2.62 bits per heavy atom. The van der Waals surface area contributed by atoms with E-state index in [1.807, 2.05) is 48.6 Å². The first kappa shape index (κ1) is 19.2. The highest BCUT2D eigenvalue weighted by atomic mass is 32.1. The number of primary amides is 1. The van der Waals surface area contributed by atoms with E-state index in [1.165, 1.54) is 11.3 Å². The number of amides is 1. The van der Waals surface area contributed by atoms with Gasteiger partial charge in [-0.3, -0.25) is 0 Å². The van der Waals surface area contributed by atoms with Crippen LogP contribution in [-0.2, 0) is 0 Å². The van der Waals surface area contributed by atoms with Crippen LogP contribution in [0.15, 0.2) is 36.4 Å². The Balaban J connectivity index is 1.79. The number of fused-ring (bicyclic) bond motifs is 1. The minimum absolute atomic E-state index is 0.236. The first-order valence-corrected chi connectivity index (χ1v) is 10.3. The molecule has 8 heteroatoms. The topological polar surface area (TPSA) is 120 Å². The monoisotopic (exact) mass is 409 g/mol. The lowest BCUT2D eigenvalue weighted by atomic mass is 10.1. The van der Waals surface area contributed by atoms with E-state index in [-0.39, 0.29) is 11.1 Å². The summed E-state index contributed by atoms with van der Waals surface area (Å²) in [5.74, 6) is 0.865. The summed E-state index contributed by atoms with van der Waals surface area (Å²) < 4.78 is 5.09. The second-order valence-electron chi connectivity index (χ2n) is 7.04. The van der Waals surface area contributed by atoms with Gasteiger partial charge >= 0.3 is 6.09 Å². The van der Waals surface area contributed by atoms with Crippen LogP contribution < -0.4 is 26.8 Å². The number of piperidine rings is 1. The molecule has 3 aromatic rings. The fourth-order valence-electron chi connectivity index (χ4n) is 3.46. The SMILES string of the molecule is NC(=O)Oc1sc2nc(N3CCC(N)CC3)cc(/C=C/c3ccccc3)c2c1N. The van der Waals surface area contributed by atoms with Gasteiger partial charge in [0, 0.05) is 24.5 Å². The summed E-state index contributed by atoms with van der Waals surface area (Å²) in [4.78, 5) is 19.0. The summed E-state index contributed by atoms with van der Waals surface area (Å²) in [6.07, 6.45) is 5.00. The van der Waals surface area contributed by atoms with Crippen molar-refractivity contribution in [3.8, 4) is 5.06 Å². The number of nitrogens with two attached hydrogens (primary N) is 3. The highest BCUT2D eigenvalue weighted by Crippen LogP contribution is 2.42. The zero-order valence-electron chi connectivity index (χ0n) is 15.9. The van der Waals surface area contributed by atoms with Gasteiger partial charge in [0.15, 0.2) is 0 Å². The molecule has 0 saturated carbocycles. The van der Waals surface area contributed by atoms with Crippen LogP contribution in [-0.4, -0.2) is 30.2 Å². The van der Waals surface area contributed by atoms with E-state index >= 15 is 0 Å². The van der Waals surface area contributed by atoms with Gasteiger partial charge in [-0.25, -0.2) is 9.78 Å². The van der Waals surface area contributed by atoms with Crippen molar-refractivity contribution in [3.63, 3.8) is 0 Å². The second kappa shape index (κ2) is 8.10. The van der Waals surface area contributed by atoms with Crippen molar-refractivity contribution in [2.24, 2.45) is 11.5 Å². The van der Waals surface area contributed by atoms with Crippen LogP contribution in [0.3, 0.4) is 0 Å². The highest BCUT2D eigenvalue weighted by Gasteiger charge is 2.22. The van der Waals surface area contributed by atoms with Crippen LogP contribution in [0.2, 0.25) is 0 Å². The smallest absolute Gasteiger partial charge is 0.397 e. The number of nitrogen functional groups attached to an aromatic ring is 1. The maximum absolute atomic E-state index is 11.2. The number of benzene rings is 1. The van der Waals surface area contributed by atoms with Crippen molar-refractivity contribution in [2.45, 2.75) is 18.9 Å². The van der Waals surface area contributed by atoms with Gasteiger partial charge in [-0.15, -0.1) is 0 Å². The van der Waals surface area contributed by atoms with Gasteiger partial charge < -0.3 is 26.8 Å². The van der Waals surface area contributed by atoms with Crippen LogP contribution in [0, 0.1) is 0 Å². The third kappa shape index (κ3) is 4.18. The van der Waals surface area contributed by atoms with E-state index in [9.17, 15) is 4.79 Å². The molecule has 0 radical (unpaired) electrons. The Bertz CT molecular complexity index is 1060. The highest BCUT2D eigenvalue weighted by molar-refractivity contribution is 7.21. The fraction of sp³-hybridized carbons (Fsp3) is 0.238. The van der Waals surface area contributed by atoms with Gasteiger partial charge in [-0.2, -0.15) is 0 Å². The van der Waals surface area contributed by atoms with E-state index in [0.717, 1.165) is 48.3 Å². The molecule has 2 aromatic heterocycles. The molecule has 0 atom stereocenters. The molecule has 0 unspecified atom stereocenters. The zero-order chi connectivity index (χ0) is 20.4. The number of carbonyl (C=O) groups is 1. The van der Waals surface area contributed by atoms with Crippen molar-refractivity contribution >= 4 is 51.3 Å². The molecular weight excluding hydrogens is 386 g/mol. The third-order valence-electron chi connectivity index (χ3n) is 4.99. The molecule has 4 rings (SSSR count). The molecule has 29 heavy (non-hydrogen) atoms. The van der Waals surface area contributed by atoms with Gasteiger partial charge in [0.25, 0.3) is 0 Å². The molecule has 0 aliphatic carbocycles. The van der Waals surface area contributed by atoms with Crippen molar-refractivity contribution in [3.05, 3.63) is 47.5 Å². The zero-order valence-corrected chi connectivity index (χ0v) is 16.7. The average Bonchev–Trinajstić information content (AvgIpc) is 3.02. The molecule has 0 bridgehead atoms. The molecule has 0 spiro atoms. The standard InChI is InChI=1S/C21H23N5O2S/c22-15-8-10-26(11-9-15)16-12-14(7-6-13-4-2-1-3-5-13)17-18(23)20(28-21(24)27)29-19(17)25-16/h1-7,12,15H,8-11,22-23H2,(H2,24,27)/b7-6+. The first-order chi connectivity index (χ1) is 14.0. The number of pyridine rings is 1. The average molecular weight is 410 g/mol. The number of thiophene rings is 1. The van der Waals surface area contributed by atoms with Crippen molar-refractivity contribution < 1.29 is 9.53 Å². The van der Waals surface area contributed by atoms with Gasteiger partial charge in [0.2, 0.25) is 5.06 Å². The quantitative estimate of drug-likeness (QED) is 0.607. The number of anilines is 2. The summed E-state index contributed by atoms with van der Waals surface area (Å²) in [5.41, 5.74) is 19.9. The number of hydrogen-bond acceptors (Lipinski definition) is 7. The minimum atomic E-state index is -0.894. The van der Waals surface area contributed by atoms with Gasteiger partial charge in [0.05, 0.1) is 5.69 Å². The number of aromatic nitrogens is 1. The number of ether oxygens (including phenoxy) is 1. The predicted molar refractivity (Wildman–Crippen MR) is 119 cm³/mol. The summed E-state index contributed by atoms with van der Waals surface area (Å²) >= 11 is 1.22. The number of hydrogen-bond donors (Lipinski definition) is 3. The Morgan fingerprint density at radius 1 is 1.21 bits per heavy atom. The lowest BCUT2D eigenvalue weighted by Crippen LogP contribution is -2.40. The lowest BCUT2D eigenvalue weighted by molar-refractivity contribution is 0.212.